The van der Waals surface area contributed by atoms with Crippen LogP contribution in [0.4, 0.5) is 0 Å². The van der Waals surface area contributed by atoms with Crippen LogP contribution in [0.15, 0.2) is 24.5 Å². The van der Waals surface area contributed by atoms with Gasteiger partial charge >= 0.3 is 0 Å². The topological polar surface area (TPSA) is 50.9 Å². The number of rotatable bonds is 5. The van der Waals surface area contributed by atoms with Gasteiger partial charge in [-0.3, -0.25) is 4.98 Å². The summed E-state index contributed by atoms with van der Waals surface area (Å²) < 4.78 is 0. The first-order chi connectivity index (χ1) is 6.90. The number of hydrogen-bond donors (Lipinski definition) is 2. The molecular weight excluding hydrogens is 174 g/mol. The van der Waals surface area contributed by atoms with Crippen molar-refractivity contribution >= 4 is 0 Å². The predicted octanol–water partition coefficient (Wildman–Crippen LogP) is 0.876. The van der Waals surface area contributed by atoms with Crippen LogP contribution in [0.1, 0.15) is 24.3 Å². The van der Waals surface area contributed by atoms with Crippen molar-refractivity contribution in [1.82, 2.24) is 10.3 Å². The molecule has 1 atom stereocenters. The highest BCUT2D eigenvalue weighted by Crippen LogP contribution is 2.20. The molecule has 1 aromatic heterocycles. The van der Waals surface area contributed by atoms with E-state index < -0.39 is 0 Å². The van der Waals surface area contributed by atoms with Crippen LogP contribution in [0, 0.1) is 0 Å². The first-order valence-electron chi connectivity index (χ1n) is 5.23. The summed E-state index contributed by atoms with van der Waals surface area (Å²) in [7, 11) is 0. The average Bonchev–Trinajstić information content (AvgIpc) is 3.04. The molecule has 14 heavy (non-hydrogen) atoms. The highest BCUT2D eigenvalue weighted by Gasteiger charge is 2.21. The van der Waals surface area contributed by atoms with E-state index in [9.17, 15) is 0 Å². The maximum absolute atomic E-state index is 5.75. The molecule has 0 aliphatic heterocycles. The average molecular weight is 191 g/mol. The molecule has 0 bridgehead atoms. The van der Waals surface area contributed by atoms with Gasteiger partial charge in [0.05, 0.1) is 0 Å². The van der Waals surface area contributed by atoms with Gasteiger partial charge < -0.3 is 11.1 Å². The lowest BCUT2D eigenvalue weighted by Crippen LogP contribution is -2.28. The van der Waals surface area contributed by atoms with E-state index in [0.717, 1.165) is 12.6 Å². The zero-order valence-electron chi connectivity index (χ0n) is 8.32. The third kappa shape index (κ3) is 2.53. The van der Waals surface area contributed by atoms with Crippen LogP contribution in [0.25, 0.3) is 0 Å². The molecule has 0 saturated heterocycles. The zero-order chi connectivity index (χ0) is 9.80. The Kier molecular flexibility index (Phi) is 3.11. The minimum Gasteiger partial charge on any atom is -0.330 e. The molecule has 0 aromatic carbocycles. The number of aromatic nitrogens is 1. The number of hydrogen-bond acceptors (Lipinski definition) is 3. The molecule has 3 nitrogen and oxygen atoms in total. The van der Waals surface area contributed by atoms with Crippen molar-refractivity contribution < 1.29 is 0 Å². The minimum absolute atomic E-state index is 0.429. The Balaban J connectivity index is 1.90. The van der Waals surface area contributed by atoms with E-state index >= 15 is 0 Å². The SMILES string of the molecule is NCC(CNC1CC1)c1ccncc1. The van der Waals surface area contributed by atoms with Gasteiger partial charge in [-0.1, -0.05) is 0 Å². The second-order valence-electron chi connectivity index (χ2n) is 3.90. The smallest absolute Gasteiger partial charge is 0.0270 e. The molecule has 1 unspecified atom stereocenters. The summed E-state index contributed by atoms with van der Waals surface area (Å²) in [5.41, 5.74) is 7.04. The number of nitrogens with zero attached hydrogens (tertiary/aromatic N) is 1. The fraction of sp³-hybridized carbons (Fsp3) is 0.545. The van der Waals surface area contributed by atoms with Crippen LogP contribution < -0.4 is 11.1 Å². The Labute approximate surface area is 84.7 Å². The van der Waals surface area contributed by atoms with Gasteiger partial charge in [-0.15, -0.1) is 0 Å². The molecule has 76 valence electrons. The quantitative estimate of drug-likeness (QED) is 0.726. The van der Waals surface area contributed by atoms with Gasteiger partial charge in [-0.05, 0) is 30.5 Å². The fourth-order valence-corrected chi connectivity index (χ4v) is 1.57. The van der Waals surface area contributed by atoms with Crippen LogP contribution in [-0.4, -0.2) is 24.1 Å². The molecule has 3 heteroatoms. The monoisotopic (exact) mass is 191 g/mol. The van der Waals surface area contributed by atoms with Crippen LogP contribution in [0.2, 0.25) is 0 Å². The molecule has 0 spiro atoms. The molecule has 3 N–H and O–H groups in total. The zero-order valence-corrected chi connectivity index (χ0v) is 8.32. The van der Waals surface area contributed by atoms with Crippen LogP contribution in [-0.2, 0) is 0 Å². The van der Waals surface area contributed by atoms with Gasteiger partial charge in [0.1, 0.15) is 0 Å². The van der Waals surface area contributed by atoms with Gasteiger partial charge in [0, 0.05) is 37.4 Å². The maximum atomic E-state index is 5.75. The molecule has 1 aliphatic rings. The lowest BCUT2D eigenvalue weighted by atomic mass is 10.0. The molecule has 0 radical (unpaired) electrons. The predicted molar refractivity (Wildman–Crippen MR) is 57.1 cm³/mol. The molecular formula is C11H17N3. The summed E-state index contributed by atoms with van der Waals surface area (Å²) in [5.74, 6) is 0.429. The van der Waals surface area contributed by atoms with Crippen molar-refractivity contribution in [3.8, 4) is 0 Å². The van der Waals surface area contributed by atoms with Crippen molar-refractivity contribution in [2.75, 3.05) is 13.1 Å². The normalized spacial score (nSPS) is 18.1. The number of nitrogens with two attached hydrogens (primary N) is 1. The Morgan fingerprint density at radius 1 is 1.43 bits per heavy atom. The van der Waals surface area contributed by atoms with Crippen molar-refractivity contribution in [3.63, 3.8) is 0 Å². The molecule has 1 saturated carbocycles. The summed E-state index contributed by atoms with van der Waals surface area (Å²) in [4.78, 5) is 4.01. The van der Waals surface area contributed by atoms with Crippen LogP contribution in [0.5, 0.6) is 0 Å². The second-order valence-corrected chi connectivity index (χ2v) is 3.90. The molecule has 1 heterocycles. The Morgan fingerprint density at radius 2 is 2.14 bits per heavy atom. The van der Waals surface area contributed by atoms with E-state index in [1.54, 1.807) is 0 Å². The van der Waals surface area contributed by atoms with Crippen LogP contribution >= 0.6 is 0 Å². The van der Waals surface area contributed by atoms with Crippen molar-refractivity contribution in [3.05, 3.63) is 30.1 Å². The van der Waals surface area contributed by atoms with E-state index in [2.05, 4.69) is 10.3 Å². The molecule has 0 amide bonds. The van der Waals surface area contributed by atoms with Gasteiger partial charge in [0.25, 0.3) is 0 Å². The highest BCUT2D eigenvalue weighted by molar-refractivity contribution is 5.16. The van der Waals surface area contributed by atoms with Crippen LogP contribution in [0.3, 0.4) is 0 Å². The first-order valence-corrected chi connectivity index (χ1v) is 5.23. The summed E-state index contributed by atoms with van der Waals surface area (Å²) in [5, 5.41) is 3.51. The molecule has 1 aliphatic carbocycles. The summed E-state index contributed by atoms with van der Waals surface area (Å²) in [6, 6.07) is 4.85. The van der Waals surface area contributed by atoms with E-state index in [4.69, 9.17) is 5.73 Å². The summed E-state index contributed by atoms with van der Waals surface area (Å²) in [6.07, 6.45) is 6.31. The third-order valence-electron chi connectivity index (χ3n) is 2.69. The van der Waals surface area contributed by atoms with E-state index in [1.807, 2.05) is 24.5 Å². The fourth-order valence-electron chi connectivity index (χ4n) is 1.57. The molecule has 2 rings (SSSR count). The number of nitrogens with one attached hydrogen (secondary N) is 1. The standard InChI is InChI=1S/C11H17N3/c12-7-10(8-14-11-1-2-11)9-3-5-13-6-4-9/h3-6,10-11,14H,1-2,7-8,12H2. The molecule has 1 fully saturated rings. The van der Waals surface area contributed by atoms with Gasteiger partial charge in [-0.2, -0.15) is 0 Å². The first kappa shape index (κ1) is 9.62. The van der Waals surface area contributed by atoms with Gasteiger partial charge in [0.2, 0.25) is 0 Å². The Morgan fingerprint density at radius 3 is 2.71 bits per heavy atom. The van der Waals surface area contributed by atoms with E-state index in [0.29, 0.717) is 12.5 Å². The van der Waals surface area contributed by atoms with Crippen molar-refractivity contribution in [1.29, 1.82) is 0 Å². The minimum atomic E-state index is 0.429. The third-order valence-corrected chi connectivity index (χ3v) is 2.69. The summed E-state index contributed by atoms with van der Waals surface area (Å²) in [6.45, 7) is 1.69. The maximum Gasteiger partial charge on any atom is 0.0270 e. The lowest BCUT2D eigenvalue weighted by molar-refractivity contribution is 0.585. The number of pyridine rings is 1. The lowest BCUT2D eigenvalue weighted by Gasteiger charge is -2.15. The highest BCUT2D eigenvalue weighted by atomic mass is 14.9. The van der Waals surface area contributed by atoms with Gasteiger partial charge in [-0.25, -0.2) is 0 Å². The molecule has 1 aromatic rings. The van der Waals surface area contributed by atoms with Crippen molar-refractivity contribution in [2.24, 2.45) is 5.73 Å². The summed E-state index contributed by atoms with van der Waals surface area (Å²) >= 11 is 0. The van der Waals surface area contributed by atoms with Gasteiger partial charge in [0.15, 0.2) is 0 Å². The Hall–Kier alpha value is -0.930. The van der Waals surface area contributed by atoms with Crippen molar-refractivity contribution in [2.45, 2.75) is 24.8 Å². The largest absolute Gasteiger partial charge is 0.330 e. The van der Waals surface area contributed by atoms with E-state index in [-0.39, 0.29) is 0 Å². The second kappa shape index (κ2) is 4.53. The van der Waals surface area contributed by atoms with E-state index in [1.165, 1.54) is 18.4 Å². The Bertz CT molecular complexity index is 269.